The third-order valence-electron chi connectivity index (χ3n) is 2.49. The molecule has 0 unspecified atom stereocenters. The number of carbonyl (C=O) groups excluding carboxylic acids is 1. The van der Waals surface area contributed by atoms with Gasteiger partial charge in [-0.1, -0.05) is 6.07 Å². The Morgan fingerprint density at radius 3 is 2.95 bits per heavy atom. The molecule has 19 heavy (non-hydrogen) atoms. The average molecular weight is 278 g/mol. The van der Waals surface area contributed by atoms with Crippen LogP contribution in [0.4, 0.5) is 0 Å². The molecule has 0 bridgehead atoms. The van der Waals surface area contributed by atoms with Crippen LogP contribution in [0.1, 0.15) is 25.1 Å². The highest BCUT2D eigenvalue weighted by Gasteiger charge is 2.07. The molecule has 2 aromatic heterocycles. The molecule has 0 atom stereocenters. The van der Waals surface area contributed by atoms with Gasteiger partial charge in [0.2, 0.25) is 0 Å². The minimum atomic E-state index is -0.167. The molecule has 0 spiro atoms. The van der Waals surface area contributed by atoms with Gasteiger partial charge in [-0.25, -0.2) is 4.98 Å². The normalized spacial score (nSPS) is 11.2. The van der Waals surface area contributed by atoms with Crippen molar-refractivity contribution in [2.24, 2.45) is 0 Å². The van der Waals surface area contributed by atoms with Crippen LogP contribution in [-0.2, 0) is 15.3 Å². The number of imidazole rings is 1. The van der Waals surface area contributed by atoms with Gasteiger partial charge >= 0.3 is 5.97 Å². The highest BCUT2D eigenvalue weighted by molar-refractivity contribution is 7.99. The largest absolute Gasteiger partial charge is 0.462 e. The molecule has 0 fully saturated rings. The van der Waals surface area contributed by atoms with Crippen LogP contribution in [0.3, 0.4) is 0 Å². The first kappa shape index (κ1) is 13.9. The van der Waals surface area contributed by atoms with E-state index in [1.54, 1.807) is 0 Å². The lowest BCUT2D eigenvalue weighted by Gasteiger charge is -2.06. The molecule has 0 amide bonds. The standard InChI is InChI=1S/C14H18N2O2S/c1-10(2)18-14(17)9-19-8-12-7-16-6-11(3)4-5-13(16)15-12/h4-7,10H,8-9H2,1-3H3. The van der Waals surface area contributed by atoms with Crippen LogP contribution < -0.4 is 0 Å². The van der Waals surface area contributed by atoms with Crippen molar-refractivity contribution in [3.63, 3.8) is 0 Å². The van der Waals surface area contributed by atoms with Gasteiger partial charge in [-0.2, -0.15) is 0 Å². The zero-order valence-electron chi connectivity index (χ0n) is 11.4. The number of ether oxygens (including phenoxy) is 1. The van der Waals surface area contributed by atoms with Crippen LogP contribution in [0.25, 0.3) is 5.65 Å². The van der Waals surface area contributed by atoms with E-state index in [1.807, 2.05) is 42.8 Å². The minimum Gasteiger partial charge on any atom is -0.462 e. The summed E-state index contributed by atoms with van der Waals surface area (Å²) in [4.78, 5) is 15.9. The van der Waals surface area contributed by atoms with Gasteiger partial charge in [-0.3, -0.25) is 4.79 Å². The van der Waals surface area contributed by atoms with Crippen LogP contribution in [0.2, 0.25) is 0 Å². The number of hydrogen-bond acceptors (Lipinski definition) is 4. The number of aromatic nitrogens is 2. The molecule has 0 aliphatic rings. The zero-order valence-corrected chi connectivity index (χ0v) is 12.2. The number of rotatable bonds is 5. The smallest absolute Gasteiger partial charge is 0.316 e. The summed E-state index contributed by atoms with van der Waals surface area (Å²) >= 11 is 1.53. The van der Waals surface area contributed by atoms with Crippen molar-refractivity contribution >= 4 is 23.4 Å². The van der Waals surface area contributed by atoms with Crippen LogP contribution in [0.5, 0.6) is 0 Å². The first-order chi connectivity index (χ1) is 9.04. The molecule has 2 rings (SSSR count). The molecule has 0 N–H and O–H groups in total. The van der Waals surface area contributed by atoms with Gasteiger partial charge in [-0.15, -0.1) is 11.8 Å². The maximum Gasteiger partial charge on any atom is 0.316 e. The average Bonchev–Trinajstić information content (AvgIpc) is 2.69. The summed E-state index contributed by atoms with van der Waals surface area (Å²) in [5.74, 6) is 0.915. The maximum absolute atomic E-state index is 11.4. The Morgan fingerprint density at radius 2 is 2.21 bits per heavy atom. The van der Waals surface area contributed by atoms with E-state index in [0.29, 0.717) is 11.5 Å². The first-order valence-corrected chi connectivity index (χ1v) is 7.41. The Balaban J connectivity index is 1.89. The van der Waals surface area contributed by atoms with Gasteiger partial charge in [0.25, 0.3) is 0 Å². The molecule has 0 saturated heterocycles. The number of fused-ring (bicyclic) bond motifs is 1. The van der Waals surface area contributed by atoms with Crippen molar-refractivity contribution in [2.45, 2.75) is 32.6 Å². The van der Waals surface area contributed by atoms with Gasteiger partial charge in [0.05, 0.1) is 17.6 Å². The molecular weight excluding hydrogens is 260 g/mol. The van der Waals surface area contributed by atoms with E-state index in [4.69, 9.17) is 4.74 Å². The molecule has 5 heteroatoms. The van der Waals surface area contributed by atoms with Crippen molar-refractivity contribution in [3.05, 3.63) is 35.8 Å². The van der Waals surface area contributed by atoms with E-state index in [-0.39, 0.29) is 12.1 Å². The van der Waals surface area contributed by atoms with E-state index in [2.05, 4.69) is 11.9 Å². The summed E-state index contributed by atoms with van der Waals surface area (Å²) in [7, 11) is 0. The third kappa shape index (κ3) is 3.99. The molecule has 2 aromatic rings. The zero-order chi connectivity index (χ0) is 13.8. The number of hydrogen-bond donors (Lipinski definition) is 0. The van der Waals surface area contributed by atoms with E-state index in [1.165, 1.54) is 17.3 Å². The minimum absolute atomic E-state index is 0.0498. The van der Waals surface area contributed by atoms with E-state index in [0.717, 1.165) is 11.3 Å². The Morgan fingerprint density at radius 1 is 1.42 bits per heavy atom. The monoisotopic (exact) mass is 278 g/mol. The second kappa shape index (κ2) is 6.10. The number of carbonyl (C=O) groups is 1. The predicted molar refractivity (Wildman–Crippen MR) is 77.3 cm³/mol. The molecule has 4 nitrogen and oxygen atoms in total. The predicted octanol–water partition coefficient (Wildman–Crippen LogP) is 2.83. The maximum atomic E-state index is 11.4. The summed E-state index contributed by atoms with van der Waals surface area (Å²) in [6.45, 7) is 5.76. The van der Waals surface area contributed by atoms with Crippen LogP contribution in [0, 0.1) is 6.92 Å². The lowest BCUT2D eigenvalue weighted by Crippen LogP contribution is -2.13. The highest BCUT2D eigenvalue weighted by Crippen LogP contribution is 2.14. The second-order valence-electron chi connectivity index (χ2n) is 4.74. The Labute approximate surface area is 117 Å². The Kier molecular flexibility index (Phi) is 4.47. The molecule has 0 saturated carbocycles. The summed E-state index contributed by atoms with van der Waals surface area (Å²) in [5, 5.41) is 0. The van der Waals surface area contributed by atoms with Gasteiger partial charge in [0.15, 0.2) is 0 Å². The fourth-order valence-corrected chi connectivity index (χ4v) is 2.45. The number of thioether (sulfide) groups is 1. The third-order valence-corrected chi connectivity index (χ3v) is 3.43. The quantitative estimate of drug-likeness (QED) is 0.789. The van der Waals surface area contributed by atoms with Crippen molar-refractivity contribution in [1.82, 2.24) is 9.38 Å². The topological polar surface area (TPSA) is 43.6 Å². The number of pyridine rings is 1. The first-order valence-electron chi connectivity index (χ1n) is 6.26. The summed E-state index contributed by atoms with van der Waals surface area (Å²) in [5.41, 5.74) is 3.11. The van der Waals surface area contributed by atoms with Gasteiger partial charge < -0.3 is 9.14 Å². The Hall–Kier alpha value is -1.49. The fraction of sp³-hybridized carbons (Fsp3) is 0.429. The van der Waals surface area contributed by atoms with Crippen molar-refractivity contribution < 1.29 is 9.53 Å². The highest BCUT2D eigenvalue weighted by atomic mass is 32.2. The molecule has 102 valence electrons. The number of esters is 1. The van der Waals surface area contributed by atoms with Crippen LogP contribution >= 0.6 is 11.8 Å². The van der Waals surface area contributed by atoms with Crippen molar-refractivity contribution in [3.8, 4) is 0 Å². The molecule has 0 aliphatic heterocycles. The second-order valence-corrected chi connectivity index (χ2v) is 5.72. The van der Waals surface area contributed by atoms with Crippen LogP contribution in [0.15, 0.2) is 24.5 Å². The molecule has 0 radical (unpaired) electrons. The van der Waals surface area contributed by atoms with Gasteiger partial charge in [0.1, 0.15) is 5.65 Å². The summed E-state index contributed by atoms with van der Waals surface area (Å²) in [6.07, 6.45) is 4.00. The van der Waals surface area contributed by atoms with Crippen molar-refractivity contribution in [2.75, 3.05) is 5.75 Å². The van der Waals surface area contributed by atoms with Crippen LogP contribution in [-0.4, -0.2) is 27.2 Å². The summed E-state index contributed by atoms with van der Waals surface area (Å²) < 4.78 is 7.09. The molecule has 0 aromatic carbocycles. The lowest BCUT2D eigenvalue weighted by atomic mass is 10.3. The Bertz CT molecular complexity index is 578. The molecular formula is C14H18N2O2S. The molecule has 0 aliphatic carbocycles. The molecule has 2 heterocycles. The van der Waals surface area contributed by atoms with E-state index < -0.39 is 0 Å². The van der Waals surface area contributed by atoms with Crippen molar-refractivity contribution in [1.29, 1.82) is 0 Å². The SMILES string of the molecule is Cc1ccc2nc(CSCC(=O)OC(C)C)cn2c1. The van der Waals surface area contributed by atoms with Gasteiger partial charge in [-0.05, 0) is 32.4 Å². The summed E-state index contributed by atoms with van der Waals surface area (Å²) in [6, 6.07) is 4.04. The number of aryl methyl sites for hydroxylation is 1. The lowest BCUT2D eigenvalue weighted by molar-refractivity contribution is -0.144. The van der Waals surface area contributed by atoms with E-state index in [9.17, 15) is 4.79 Å². The van der Waals surface area contributed by atoms with Gasteiger partial charge in [0, 0.05) is 18.1 Å². The van der Waals surface area contributed by atoms with E-state index >= 15 is 0 Å². The fourth-order valence-electron chi connectivity index (χ4n) is 1.76. The number of nitrogens with zero attached hydrogens (tertiary/aromatic N) is 2.